The van der Waals surface area contributed by atoms with Gasteiger partial charge in [-0.15, -0.1) is 0 Å². The van der Waals surface area contributed by atoms with Gasteiger partial charge in [-0.25, -0.2) is 0 Å². The quantitative estimate of drug-likeness (QED) is 0.575. The molecule has 0 rings (SSSR count). The first-order valence-corrected chi connectivity index (χ1v) is 9.69. The van der Waals surface area contributed by atoms with Crippen LogP contribution in [0.5, 0.6) is 0 Å². The Hall–Kier alpha value is 0.543. The molecule has 0 amide bonds. The van der Waals surface area contributed by atoms with Gasteiger partial charge < -0.3 is 0 Å². The third-order valence-electron chi connectivity index (χ3n) is 1.91. The summed E-state index contributed by atoms with van der Waals surface area (Å²) >= 11 is -0.479. The first-order chi connectivity index (χ1) is 4.81. The molecular weight excluding hydrogens is 181 g/mol. The second-order valence-electron chi connectivity index (χ2n) is 3.16. The van der Waals surface area contributed by atoms with E-state index in [1.165, 1.54) is 25.7 Å². The molecule has 1 radical (unpaired) electrons. The number of unbranched alkanes of at least 4 members (excludes halogenated alkanes) is 2. The minimum absolute atomic E-state index is 0.479. The van der Waals surface area contributed by atoms with E-state index >= 15 is 0 Å². The molecule has 0 saturated heterocycles. The van der Waals surface area contributed by atoms with Crippen LogP contribution in [-0.2, 0) is 0 Å². The van der Waals surface area contributed by atoms with Gasteiger partial charge in [-0.05, 0) is 0 Å². The minimum atomic E-state index is -0.479. The summed E-state index contributed by atoms with van der Waals surface area (Å²) in [5.74, 6) is 2.55. The number of rotatable bonds is 6. The van der Waals surface area contributed by atoms with Crippen molar-refractivity contribution in [1.29, 1.82) is 0 Å². The molecule has 10 heavy (non-hydrogen) atoms. The van der Waals surface area contributed by atoms with Crippen molar-refractivity contribution in [2.75, 3.05) is 0 Å². The number of hydrogen-bond acceptors (Lipinski definition) is 0. The Labute approximate surface area is 70.5 Å². The Morgan fingerprint density at radius 3 is 1.60 bits per heavy atom. The SMILES string of the molecule is CCC[CH2][Ge]([CH3])[CH2]CCC. The zero-order valence-electron chi connectivity index (χ0n) is 7.74. The zero-order valence-corrected chi connectivity index (χ0v) is 9.84. The summed E-state index contributed by atoms with van der Waals surface area (Å²) in [7, 11) is 0. The first-order valence-electron chi connectivity index (χ1n) is 4.62. The van der Waals surface area contributed by atoms with Gasteiger partial charge in [0, 0.05) is 0 Å². The molecule has 61 valence electrons. The molecule has 1 heteroatoms. The summed E-state index contributed by atoms with van der Waals surface area (Å²) in [6, 6.07) is 0. The second-order valence-corrected chi connectivity index (χ2v) is 9.28. The van der Waals surface area contributed by atoms with E-state index in [9.17, 15) is 0 Å². The molecule has 0 heterocycles. The van der Waals surface area contributed by atoms with Gasteiger partial charge in [0.05, 0.1) is 0 Å². The van der Waals surface area contributed by atoms with Gasteiger partial charge in [-0.2, -0.15) is 0 Å². The van der Waals surface area contributed by atoms with Crippen LogP contribution in [0, 0.1) is 0 Å². The van der Waals surface area contributed by atoms with E-state index in [0.717, 1.165) is 0 Å². The van der Waals surface area contributed by atoms with Crippen molar-refractivity contribution in [3.05, 3.63) is 0 Å². The maximum atomic E-state index is 2.55. The van der Waals surface area contributed by atoms with Crippen LogP contribution in [0.3, 0.4) is 0 Å². The Kier molecular flexibility index (Phi) is 8.06. The van der Waals surface area contributed by atoms with Gasteiger partial charge in [0.1, 0.15) is 0 Å². The van der Waals surface area contributed by atoms with Gasteiger partial charge in [-0.1, -0.05) is 0 Å². The molecule has 0 atom stereocenters. The van der Waals surface area contributed by atoms with Crippen molar-refractivity contribution in [1.82, 2.24) is 0 Å². The summed E-state index contributed by atoms with van der Waals surface area (Å²) < 4.78 is 0. The van der Waals surface area contributed by atoms with E-state index in [0.29, 0.717) is 0 Å². The van der Waals surface area contributed by atoms with Crippen molar-refractivity contribution < 1.29 is 0 Å². The monoisotopic (exact) mass is 203 g/mol. The van der Waals surface area contributed by atoms with E-state index in [-0.39, 0.29) is 0 Å². The van der Waals surface area contributed by atoms with E-state index in [1.54, 1.807) is 10.5 Å². The second kappa shape index (κ2) is 7.65. The van der Waals surface area contributed by atoms with Crippen molar-refractivity contribution >= 4 is 14.3 Å². The Bertz CT molecular complexity index is 53.7. The maximum absolute atomic E-state index is 2.55. The van der Waals surface area contributed by atoms with Crippen LogP contribution in [0.2, 0.25) is 16.3 Å². The third kappa shape index (κ3) is 6.66. The summed E-state index contributed by atoms with van der Waals surface area (Å²) in [5, 5.41) is 3.22. The molecule has 0 aromatic carbocycles. The summed E-state index contributed by atoms with van der Waals surface area (Å²) in [4.78, 5) is 0. The summed E-state index contributed by atoms with van der Waals surface area (Å²) in [6.45, 7) is 4.59. The molecule has 0 aromatic heterocycles. The molecule has 0 nitrogen and oxygen atoms in total. The third-order valence-corrected chi connectivity index (χ3v) is 6.98. The van der Waals surface area contributed by atoms with E-state index in [1.807, 2.05) is 0 Å². The van der Waals surface area contributed by atoms with Gasteiger partial charge in [0.2, 0.25) is 0 Å². The Morgan fingerprint density at radius 2 is 1.30 bits per heavy atom. The van der Waals surface area contributed by atoms with E-state index in [4.69, 9.17) is 0 Å². The van der Waals surface area contributed by atoms with E-state index in [2.05, 4.69) is 19.6 Å². The van der Waals surface area contributed by atoms with Crippen molar-refractivity contribution in [3.8, 4) is 0 Å². The molecule has 0 fully saturated rings. The van der Waals surface area contributed by atoms with Crippen LogP contribution in [0.1, 0.15) is 39.5 Å². The van der Waals surface area contributed by atoms with Crippen molar-refractivity contribution in [3.63, 3.8) is 0 Å². The van der Waals surface area contributed by atoms with Crippen LogP contribution in [0.4, 0.5) is 0 Å². The van der Waals surface area contributed by atoms with Gasteiger partial charge in [0.25, 0.3) is 0 Å². The molecule has 0 aliphatic rings. The predicted molar refractivity (Wildman–Crippen MR) is 51.0 cm³/mol. The standard InChI is InChI=1S/C9H21Ge/c1-4-6-8-10(3)9-7-5-2/h4-9H2,1-3H3. The Balaban J connectivity index is 3.00. The van der Waals surface area contributed by atoms with Crippen molar-refractivity contribution in [2.45, 2.75) is 55.8 Å². The van der Waals surface area contributed by atoms with Crippen LogP contribution in [0.25, 0.3) is 0 Å². The molecule has 0 spiro atoms. The summed E-state index contributed by atoms with van der Waals surface area (Å²) in [6.07, 6.45) is 5.79. The van der Waals surface area contributed by atoms with E-state index < -0.39 is 14.3 Å². The molecular formula is C9H21Ge. The molecule has 0 saturated carbocycles. The molecule has 0 aliphatic carbocycles. The Morgan fingerprint density at radius 1 is 0.900 bits per heavy atom. The average Bonchev–Trinajstić information content (AvgIpc) is 1.97. The van der Waals surface area contributed by atoms with Crippen LogP contribution >= 0.6 is 0 Å². The average molecular weight is 202 g/mol. The molecule has 0 N–H and O–H groups in total. The molecule has 0 aromatic rings. The fraction of sp³-hybridized carbons (Fsp3) is 1.00. The fourth-order valence-corrected chi connectivity index (χ4v) is 5.62. The molecule has 0 aliphatic heterocycles. The molecule has 0 unspecified atom stereocenters. The topological polar surface area (TPSA) is 0 Å². The van der Waals surface area contributed by atoms with Gasteiger partial charge in [-0.3, -0.25) is 0 Å². The van der Waals surface area contributed by atoms with Gasteiger partial charge in [0.15, 0.2) is 0 Å². The zero-order chi connectivity index (χ0) is 7.82. The fourth-order valence-electron chi connectivity index (χ4n) is 1.08. The summed E-state index contributed by atoms with van der Waals surface area (Å²) in [5.41, 5.74) is 0. The van der Waals surface area contributed by atoms with Crippen LogP contribution in [-0.4, -0.2) is 14.3 Å². The number of hydrogen-bond donors (Lipinski definition) is 0. The molecule has 0 bridgehead atoms. The van der Waals surface area contributed by atoms with Crippen molar-refractivity contribution in [2.24, 2.45) is 0 Å². The van der Waals surface area contributed by atoms with Crippen LogP contribution in [0.15, 0.2) is 0 Å². The van der Waals surface area contributed by atoms with Crippen LogP contribution < -0.4 is 0 Å². The predicted octanol–water partition coefficient (Wildman–Crippen LogP) is 3.71. The first kappa shape index (κ1) is 10.5. The van der Waals surface area contributed by atoms with Gasteiger partial charge >= 0.3 is 70.1 Å². The normalized spacial score (nSPS) is 10.8.